The molecular weight excluding hydrogens is 579 g/mol. The van der Waals surface area contributed by atoms with Gasteiger partial charge in [-0.2, -0.15) is 0 Å². The van der Waals surface area contributed by atoms with Crippen molar-refractivity contribution in [1.29, 1.82) is 0 Å². The molecular formula is C28H23Cl3N4O5. The van der Waals surface area contributed by atoms with Crippen LogP contribution in [-0.4, -0.2) is 45.9 Å². The second-order valence-corrected chi connectivity index (χ2v) is 9.78. The van der Waals surface area contributed by atoms with Crippen molar-refractivity contribution in [3.05, 3.63) is 98.4 Å². The lowest BCUT2D eigenvalue weighted by Gasteiger charge is -2.21. The van der Waals surface area contributed by atoms with Crippen LogP contribution in [0.4, 0.5) is 5.69 Å². The summed E-state index contributed by atoms with van der Waals surface area (Å²) in [4.78, 5) is 41.7. The number of carboxylic acids is 1. The van der Waals surface area contributed by atoms with Crippen LogP contribution in [-0.2, 0) is 16.2 Å². The van der Waals surface area contributed by atoms with E-state index in [0.717, 1.165) is 0 Å². The van der Waals surface area contributed by atoms with E-state index in [2.05, 4.69) is 10.3 Å². The fourth-order valence-electron chi connectivity index (χ4n) is 3.75. The van der Waals surface area contributed by atoms with Gasteiger partial charge in [0.05, 0.1) is 28.5 Å². The predicted octanol–water partition coefficient (Wildman–Crippen LogP) is 5.67. The topological polar surface area (TPSA) is 113 Å². The quantitative estimate of drug-likeness (QED) is 0.239. The van der Waals surface area contributed by atoms with Gasteiger partial charge in [-0.15, -0.1) is 0 Å². The van der Waals surface area contributed by atoms with Crippen LogP contribution in [0.5, 0.6) is 5.75 Å². The van der Waals surface area contributed by atoms with Gasteiger partial charge in [-0.05, 0) is 55.0 Å². The Balaban J connectivity index is 1.40. The summed E-state index contributed by atoms with van der Waals surface area (Å²) < 4.78 is 7.69. The number of aromatic carboxylic acids is 1. The molecule has 9 nitrogen and oxygen atoms in total. The average molecular weight is 602 g/mol. The Bertz CT molecular complexity index is 1630. The molecule has 12 heteroatoms. The molecule has 206 valence electrons. The minimum absolute atomic E-state index is 0.00567. The molecule has 40 heavy (non-hydrogen) atoms. The highest BCUT2D eigenvalue weighted by Crippen LogP contribution is 2.35. The van der Waals surface area contributed by atoms with Crippen molar-refractivity contribution in [1.82, 2.24) is 14.7 Å². The first kappa shape index (κ1) is 28.9. The molecule has 2 aromatic heterocycles. The third-order valence-corrected chi connectivity index (χ3v) is 7.22. The largest absolute Gasteiger partial charge is 0.485 e. The van der Waals surface area contributed by atoms with Crippen molar-refractivity contribution in [3.8, 4) is 5.75 Å². The van der Waals surface area contributed by atoms with E-state index in [4.69, 9.17) is 44.6 Å². The molecule has 2 amide bonds. The number of likely N-dealkylation sites (N-methyl/N-ethyl adjacent to an activating group) is 1. The summed E-state index contributed by atoms with van der Waals surface area (Å²) in [6, 6.07) is 12.8. The van der Waals surface area contributed by atoms with Crippen LogP contribution in [0.1, 0.15) is 27.2 Å². The molecule has 0 unspecified atom stereocenters. The molecule has 0 aliphatic carbocycles. The number of nitrogens with zero attached hydrogens (tertiary/aromatic N) is 3. The number of aryl methyl sites for hydroxylation is 1. The standard InChI is InChI=1S/C28H23Cl3N4O5/c1-16-26(31)35-13-3-4-22(27(35)33-16)40-15-19-20(29)10-11-21(25(19)30)34(2)24(37)14-32-23(36)12-7-17-5-8-18(9-6-17)28(38)39/h3-13H,14-15H2,1-2H3,(H,32,36)(H,38,39). The second kappa shape index (κ2) is 12.4. The van der Waals surface area contributed by atoms with Gasteiger partial charge in [0, 0.05) is 29.9 Å². The second-order valence-electron chi connectivity index (χ2n) is 8.63. The third-order valence-electron chi connectivity index (χ3n) is 5.99. The first-order valence-electron chi connectivity index (χ1n) is 11.9. The Morgan fingerprint density at radius 2 is 1.82 bits per heavy atom. The molecule has 2 aromatic carbocycles. The lowest BCUT2D eigenvalue weighted by molar-refractivity contribution is -0.122. The molecule has 0 fully saturated rings. The fraction of sp³-hybridized carbons (Fsp3) is 0.143. The van der Waals surface area contributed by atoms with E-state index < -0.39 is 17.8 Å². The van der Waals surface area contributed by atoms with Gasteiger partial charge < -0.3 is 20.1 Å². The van der Waals surface area contributed by atoms with Gasteiger partial charge in [-0.1, -0.05) is 46.9 Å². The summed E-state index contributed by atoms with van der Waals surface area (Å²) in [5, 5.41) is 12.5. The number of imidazole rings is 1. The van der Waals surface area contributed by atoms with Crippen LogP contribution in [0.15, 0.2) is 60.8 Å². The smallest absolute Gasteiger partial charge is 0.335 e. The molecule has 0 aliphatic heterocycles. The Labute approximate surface area is 244 Å². The van der Waals surface area contributed by atoms with Crippen molar-refractivity contribution in [3.63, 3.8) is 0 Å². The number of amides is 2. The van der Waals surface area contributed by atoms with Crippen molar-refractivity contribution in [2.24, 2.45) is 0 Å². The SMILES string of the molecule is Cc1nc2c(OCc3c(Cl)ccc(N(C)C(=O)CNC(=O)C=Cc4ccc(C(=O)O)cc4)c3Cl)cccn2c1Cl. The summed E-state index contributed by atoms with van der Waals surface area (Å²) in [5.74, 6) is -1.48. The number of hydrogen-bond acceptors (Lipinski definition) is 5. The average Bonchev–Trinajstić information content (AvgIpc) is 3.24. The molecule has 0 saturated carbocycles. The number of anilines is 1. The zero-order valence-electron chi connectivity index (χ0n) is 21.3. The van der Waals surface area contributed by atoms with Gasteiger partial charge in [0.1, 0.15) is 11.8 Å². The fourth-order valence-corrected chi connectivity index (χ4v) is 4.53. The summed E-state index contributed by atoms with van der Waals surface area (Å²) >= 11 is 19.3. The van der Waals surface area contributed by atoms with E-state index in [0.29, 0.717) is 44.1 Å². The zero-order chi connectivity index (χ0) is 29.0. The number of aromatic nitrogens is 2. The molecule has 4 rings (SSSR count). The maximum Gasteiger partial charge on any atom is 0.335 e. The number of ether oxygens (including phenoxy) is 1. The molecule has 0 radical (unpaired) electrons. The molecule has 4 aromatic rings. The Kier molecular flexibility index (Phi) is 8.99. The van der Waals surface area contributed by atoms with E-state index >= 15 is 0 Å². The number of halogens is 3. The lowest BCUT2D eigenvalue weighted by Crippen LogP contribution is -2.37. The van der Waals surface area contributed by atoms with Crippen molar-refractivity contribution in [2.45, 2.75) is 13.5 Å². The molecule has 0 spiro atoms. The number of benzene rings is 2. The lowest BCUT2D eigenvalue weighted by atomic mass is 10.1. The Morgan fingerprint density at radius 3 is 2.52 bits per heavy atom. The predicted molar refractivity (Wildman–Crippen MR) is 155 cm³/mol. The number of pyridine rings is 1. The minimum Gasteiger partial charge on any atom is -0.485 e. The van der Waals surface area contributed by atoms with E-state index in [1.165, 1.54) is 36.2 Å². The van der Waals surface area contributed by atoms with E-state index in [1.807, 2.05) is 0 Å². The summed E-state index contributed by atoms with van der Waals surface area (Å²) in [6.07, 6.45) is 4.54. The first-order chi connectivity index (χ1) is 19.1. The van der Waals surface area contributed by atoms with E-state index in [9.17, 15) is 14.4 Å². The van der Waals surface area contributed by atoms with Crippen LogP contribution in [0.2, 0.25) is 15.2 Å². The van der Waals surface area contributed by atoms with Gasteiger partial charge in [0.25, 0.3) is 0 Å². The Morgan fingerprint density at radius 1 is 1.10 bits per heavy atom. The molecule has 0 atom stereocenters. The van der Waals surface area contributed by atoms with E-state index in [-0.39, 0.29) is 23.7 Å². The molecule has 2 heterocycles. The van der Waals surface area contributed by atoms with Crippen LogP contribution in [0, 0.1) is 6.92 Å². The van der Waals surface area contributed by atoms with Gasteiger partial charge in [-0.3, -0.25) is 14.0 Å². The number of carbonyl (C=O) groups excluding carboxylic acids is 2. The number of carboxylic acid groups (broad SMARTS) is 1. The molecule has 0 aliphatic rings. The number of fused-ring (bicyclic) bond motifs is 1. The van der Waals surface area contributed by atoms with Crippen LogP contribution in [0.25, 0.3) is 11.7 Å². The minimum atomic E-state index is -1.04. The highest BCUT2D eigenvalue weighted by atomic mass is 35.5. The van der Waals surface area contributed by atoms with E-state index in [1.54, 1.807) is 53.9 Å². The van der Waals surface area contributed by atoms with Crippen molar-refractivity contribution >= 4 is 70.0 Å². The summed E-state index contributed by atoms with van der Waals surface area (Å²) in [6.45, 7) is 1.51. The Hall–Kier alpha value is -4.05. The van der Waals surface area contributed by atoms with Gasteiger partial charge in [0.2, 0.25) is 11.8 Å². The molecule has 0 bridgehead atoms. The molecule has 2 N–H and O–H groups in total. The maximum atomic E-state index is 12.8. The number of hydrogen-bond donors (Lipinski definition) is 2. The van der Waals surface area contributed by atoms with Gasteiger partial charge in [-0.25, -0.2) is 9.78 Å². The highest BCUT2D eigenvalue weighted by Gasteiger charge is 2.20. The van der Waals surface area contributed by atoms with Crippen molar-refractivity contribution in [2.75, 3.05) is 18.5 Å². The molecule has 0 saturated heterocycles. The maximum absolute atomic E-state index is 12.8. The van der Waals surface area contributed by atoms with Gasteiger partial charge in [0.15, 0.2) is 11.4 Å². The first-order valence-corrected chi connectivity index (χ1v) is 13.0. The van der Waals surface area contributed by atoms with Crippen LogP contribution >= 0.6 is 34.8 Å². The van der Waals surface area contributed by atoms with Crippen molar-refractivity contribution < 1.29 is 24.2 Å². The van der Waals surface area contributed by atoms with Crippen LogP contribution < -0.4 is 15.0 Å². The summed E-state index contributed by atoms with van der Waals surface area (Å²) in [7, 11) is 1.53. The highest BCUT2D eigenvalue weighted by molar-refractivity contribution is 6.38. The van der Waals surface area contributed by atoms with Crippen LogP contribution in [0.3, 0.4) is 0 Å². The monoisotopic (exact) mass is 600 g/mol. The third kappa shape index (κ3) is 6.39. The summed E-state index contributed by atoms with van der Waals surface area (Å²) in [5.41, 5.74) is 2.83. The van der Waals surface area contributed by atoms with Gasteiger partial charge >= 0.3 is 5.97 Å². The number of carbonyl (C=O) groups is 3. The number of rotatable bonds is 9. The number of nitrogens with one attached hydrogen (secondary N) is 1. The zero-order valence-corrected chi connectivity index (χ0v) is 23.6. The normalized spacial score (nSPS) is 11.1.